The van der Waals surface area contributed by atoms with Gasteiger partial charge in [0, 0.05) is 12.1 Å². The van der Waals surface area contributed by atoms with Gasteiger partial charge in [0.15, 0.2) is 0 Å². The van der Waals surface area contributed by atoms with Crippen LogP contribution in [-0.2, 0) is 16.0 Å². The summed E-state index contributed by atoms with van der Waals surface area (Å²) in [6.45, 7) is 0.823. The zero-order chi connectivity index (χ0) is 14.1. The van der Waals surface area contributed by atoms with E-state index in [-0.39, 0.29) is 11.9 Å². The first-order valence-electron chi connectivity index (χ1n) is 7.05. The maximum atomic E-state index is 12.7. The highest BCUT2D eigenvalue weighted by molar-refractivity contribution is 6.04. The van der Waals surface area contributed by atoms with Gasteiger partial charge in [0.25, 0.3) is 0 Å². The van der Waals surface area contributed by atoms with Crippen molar-refractivity contribution in [2.45, 2.75) is 37.8 Å². The first-order chi connectivity index (χ1) is 9.68. The van der Waals surface area contributed by atoms with Crippen molar-refractivity contribution in [3.05, 3.63) is 29.8 Å². The third kappa shape index (κ3) is 2.18. The molecule has 0 aliphatic carbocycles. The average Bonchev–Trinajstić information content (AvgIpc) is 2.87. The van der Waals surface area contributed by atoms with Crippen molar-refractivity contribution in [1.29, 1.82) is 0 Å². The van der Waals surface area contributed by atoms with E-state index in [2.05, 4.69) is 5.32 Å². The molecule has 1 aromatic rings. The van der Waals surface area contributed by atoms with Gasteiger partial charge in [-0.25, -0.2) is 4.79 Å². The number of carbonyl (C=O) groups is 2. The van der Waals surface area contributed by atoms with E-state index in [1.807, 2.05) is 24.3 Å². The molecule has 1 fully saturated rings. The highest BCUT2D eigenvalue weighted by Gasteiger charge is 2.40. The SMILES string of the molecule is O=C(O)C1Cc2ccccc2N1C(=O)[C@@H]1CCCCN1. The molecule has 0 radical (unpaired) electrons. The number of piperidine rings is 1. The van der Waals surface area contributed by atoms with Crippen LogP contribution in [0.25, 0.3) is 0 Å². The Kier molecular flexibility index (Phi) is 3.44. The fourth-order valence-electron chi connectivity index (χ4n) is 3.09. The summed E-state index contributed by atoms with van der Waals surface area (Å²) in [5.74, 6) is -1.05. The number of nitrogens with zero attached hydrogens (tertiary/aromatic N) is 1. The van der Waals surface area contributed by atoms with Gasteiger partial charge in [-0.15, -0.1) is 0 Å². The number of aliphatic carboxylic acids is 1. The average molecular weight is 274 g/mol. The number of hydrogen-bond donors (Lipinski definition) is 2. The van der Waals surface area contributed by atoms with Crippen LogP contribution in [0.5, 0.6) is 0 Å². The van der Waals surface area contributed by atoms with Gasteiger partial charge < -0.3 is 10.4 Å². The summed E-state index contributed by atoms with van der Waals surface area (Å²) < 4.78 is 0. The molecule has 2 atom stereocenters. The van der Waals surface area contributed by atoms with Crippen molar-refractivity contribution < 1.29 is 14.7 Å². The summed E-state index contributed by atoms with van der Waals surface area (Å²) >= 11 is 0. The standard InChI is InChI=1S/C15H18N2O3/c18-14(11-6-3-4-8-16-11)17-12-7-2-1-5-10(12)9-13(17)15(19)20/h1-2,5,7,11,13,16H,3-4,6,8-9H2,(H,19,20)/t11-,13?/m0/s1. The van der Waals surface area contributed by atoms with Crippen LogP contribution in [0.15, 0.2) is 24.3 Å². The molecule has 0 bridgehead atoms. The van der Waals surface area contributed by atoms with Gasteiger partial charge in [-0.3, -0.25) is 9.69 Å². The van der Waals surface area contributed by atoms with Gasteiger partial charge >= 0.3 is 5.97 Å². The molecule has 2 aliphatic rings. The second kappa shape index (κ2) is 5.25. The number of carboxylic acids is 1. The Morgan fingerprint density at radius 1 is 1.25 bits per heavy atom. The summed E-state index contributed by atoms with van der Waals surface area (Å²) in [6.07, 6.45) is 3.26. The molecular formula is C15H18N2O3. The zero-order valence-corrected chi connectivity index (χ0v) is 11.2. The van der Waals surface area contributed by atoms with Crippen LogP contribution >= 0.6 is 0 Å². The van der Waals surface area contributed by atoms with Gasteiger partial charge in [-0.05, 0) is 31.0 Å². The molecule has 1 amide bonds. The topological polar surface area (TPSA) is 69.6 Å². The molecule has 0 spiro atoms. The van der Waals surface area contributed by atoms with Gasteiger partial charge in [0.05, 0.1) is 6.04 Å². The molecule has 2 heterocycles. The molecule has 0 saturated carbocycles. The number of hydrogen-bond acceptors (Lipinski definition) is 3. The largest absolute Gasteiger partial charge is 0.480 e. The number of carboxylic acid groups (broad SMARTS) is 1. The third-order valence-corrected chi connectivity index (χ3v) is 4.11. The highest BCUT2D eigenvalue weighted by Crippen LogP contribution is 2.33. The van der Waals surface area contributed by atoms with E-state index in [9.17, 15) is 14.7 Å². The minimum Gasteiger partial charge on any atom is -0.480 e. The number of rotatable bonds is 2. The Bertz CT molecular complexity index is 538. The second-order valence-corrected chi connectivity index (χ2v) is 5.40. The number of carbonyl (C=O) groups excluding carboxylic acids is 1. The molecule has 2 aliphatic heterocycles. The molecule has 3 rings (SSSR count). The summed E-state index contributed by atoms with van der Waals surface area (Å²) in [6, 6.07) is 6.43. The summed E-state index contributed by atoms with van der Waals surface area (Å²) in [5.41, 5.74) is 1.68. The molecular weight excluding hydrogens is 256 g/mol. The molecule has 1 saturated heterocycles. The maximum absolute atomic E-state index is 12.7. The number of benzene rings is 1. The Morgan fingerprint density at radius 2 is 2.05 bits per heavy atom. The lowest BCUT2D eigenvalue weighted by Gasteiger charge is -2.30. The predicted octanol–water partition coefficient (Wildman–Crippen LogP) is 1.17. The molecule has 1 unspecified atom stereocenters. The van der Waals surface area contributed by atoms with Crippen molar-refractivity contribution in [1.82, 2.24) is 5.32 Å². The summed E-state index contributed by atoms with van der Waals surface area (Å²) in [4.78, 5) is 25.6. The van der Waals surface area contributed by atoms with Crippen LogP contribution in [0.1, 0.15) is 24.8 Å². The maximum Gasteiger partial charge on any atom is 0.327 e. The Labute approximate surface area is 117 Å². The number of para-hydroxylation sites is 1. The molecule has 106 valence electrons. The van der Waals surface area contributed by atoms with Crippen molar-refractivity contribution in [2.75, 3.05) is 11.4 Å². The molecule has 1 aromatic carbocycles. The van der Waals surface area contributed by atoms with Gasteiger partial charge in [0.1, 0.15) is 6.04 Å². The molecule has 20 heavy (non-hydrogen) atoms. The van der Waals surface area contributed by atoms with E-state index < -0.39 is 12.0 Å². The lowest BCUT2D eigenvalue weighted by atomic mass is 10.0. The van der Waals surface area contributed by atoms with Gasteiger partial charge in [-0.1, -0.05) is 24.6 Å². The van der Waals surface area contributed by atoms with E-state index in [4.69, 9.17) is 0 Å². The molecule has 5 heteroatoms. The second-order valence-electron chi connectivity index (χ2n) is 5.40. The Hall–Kier alpha value is -1.88. The lowest BCUT2D eigenvalue weighted by molar-refractivity contribution is -0.140. The normalized spacial score (nSPS) is 25.3. The number of anilines is 1. The van der Waals surface area contributed by atoms with Crippen LogP contribution in [-0.4, -0.2) is 35.6 Å². The smallest absolute Gasteiger partial charge is 0.327 e. The fourth-order valence-corrected chi connectivity index (χ4v) is 3.09. The summed E-state index contributed by atoms with van der Waals surface area (Å²) in [5, 5.41) is 12.6. The van der Waals surface area contributed by atoms with Crippen LogP contribution in [0, 0.1) is 0 Å². The van der Waals surface area contributed by atoms with Gasteiger partial charge in [0.2, 0.25) is 5.91 Å². The van der Waals surface area contributed by atoms with Crippen molar-refractivity contribution in [3.63, 3.8) is 0 Å². The number of fused-ring (bicyclic) bond motifs is 1. The van der Waals surface area contributed by atoms with Crippen molar-refractivity contribution in [3.8, 4) is 0 Å². The molecule has 0 aromatic heterocycles. The minimum absolute atomic E-state index is 0.109. The van der Waals surface area contributed by atoms with Crippen molar-refractivity contribution in [2.24, 2.45) is 0 Å². The Balaban J connectivity index is 1.91. The molecule has 2 N–H and O–H groups in total. The fraction of sp³-hybridized carbons (Fsp3) is 0.467. The first-order valence-corrected chi connectivity index (χ1v) is 7.05. The van der Waals surface area contributed by atoms with Crippen LogP contribution in [0.3, 0.4) is 0 Å². The van der Waals surface area contributed by atoms with Crippen LogP contribution < -0.4 is 10.2 Å². The highest BCUT2D eigenvalue weighted by atomic mass is 16.4. The number of nitrogens with one attached hydrogen (secondary N) is 1. The van der Waals surface area contributed by atoms with Crippen LogP contribution in [0.4, 0.5) is 5.69 Å². The monoisotopic (exact) mass is 274 g/mol. The van der Waals surface area contributed by atoms with E-state index in [0.29, 0.717) is 6.42 Å². The van der Waals surface area contributed by atoms with E-state index >= 15 is 0 Å². The zero-order valence-electron chi connectivity index (χ0n) is 11.2. The Morgan fingerprint density at radius 3 is 2.75 bits per heavy atom. The number of amides is 1. The van der Waals surface area contributed by atoms with Crippen LogP contribution in [0.2, 0.25) is 0 Å². The van der Waals surface area contributed by atoms with Gasteiger partial charge in [-0.2, -0.15) is 0 Å². The van der Waals surface area contributed by atoms with E-state index in [0.717, 1.165) is 37.1 Å². The van der Waals surface area contributed by atoms with Crippen molar-refractivity contribution >= 4 is 17.6 Å². The minimum atomic E-state index is -0.939. The quantitative estimate of drug-likeness (QED) is 0.849. The predicted molar refractivity (Wildman–Crippen MR) is 74.7 cm³/mol. The van der Waals surface area contributed by atoms with E-state index in [1.165, 1.54) is 4.90 Å². The molecule has 5 nitrogen and oxygen atoms in total. The lowest BCUT2D eigenvalue weighted by Crippen LogP contribution is -2.53. The summed E-state index contributed by atoms with van der Waals surface area (Å²) in [7, 11) is 0. The van der Waals surface area contributed by atoms with E-state index in [1.54, 1.807) is 0 Å². The first kappa shape index (κ1) is 13.1. The third-order valence-electron chi connectivity index (χ3n) is 4.11.